The van der Waals surface area contributed by atoms with E-state index in [-0.39, 0.29) is 11.7 Å². The molecule has 2 heterocycles. The molecular formula is C13H27N3O2S. The average Bonchev–Trinajstić information content (AvgIpc) is 2.37. The number of hydrogen-bond donors (Lipinski definition) is 2. The topological polar surface area (TPSA) is 61.4 Å². The number of nitrogens with one attached hydrogen (secondary N) is 2. The van der Waals surface area contributed by atoms with Gasteiger partial charge in [-0.05, 0) is 64.2 Å². The molecule has 0 aromatic rings. The van der Waals surface area contributed by atoms with Crippen LogP contribution in [0.2, 0.25) is 0 Å². The lowest BCUT2D eigenvalue weighted by molar-refractivity contribution is 0.211. The normalized spacial score (nSPS) is 30.4. The first-order valence-corrected chi connectivity index (χ1v) is 9.07. The highest BCUT2D eigenvalue weighted by Gasteiger charge is 2.23. The number of piperidine rings is 2. The molecule has 2 unspecified atom stereocenters. The number of sulfonamides is 1. The SMILES string of the molecule is CN1CCCC(CNS(=O)(=O)CC2CCCNC2)C1. The van der Waals surface area contributed by atoms with Gasteiger partial charge in [-0.25, -0.2) is 13.1 Å². The van der Waals surface area contributed by atoms with Crippen LogP contribution in [-0.4, -0.2) is 58.8 Å². The van der Waals surface area contributed by atoms with Crippen LogP contribution in [0.15, 0.2) is 0 Å². The van der Waals surface area contributed by atoms with Crippen molar-refractivity contribution in [2.24, 2.45) is 11.8 Å². The fourth-order valence-electron chi connectivity index (χ4n) is 3.12. The van der Waals surface area contributed by atoms with Gasteiger partial charge in [0.25, 0.3) is 0 Å². The van der Waals surface area contributed by atoms with Crippen LogP contribution in [0.1, 0.15) is 25.7 Å². The minimum atomic E-state index is -3.11. The highest BCUT2D eigenvalue weighted by Crippen LogP contribution is 2.15. The van der Waals surface area contributed by atoms with Crippen LogP contribution >= 0.6 is 0 Å². The fraction of sp³-hybridized carbons (Fsp3) is 1.00. The van der Waals surface area contributed by atoms with Crippen LogP contribution in [0.3, 0.4) is 0 Å². The summed E-state index contributed by atoms with van der Waals surface area (Å²) in [4.78, 5) is 2.29. The summed E-state index contributed by atoms with van der Waals surface area (Å²) >= 11 is 0. The molecule has 0 bridgehead atoms. The molecule has 2 saturated heterocycles. The van der Waals surface area contributed by atoms with Crippen molar-refractivity contribution in [3.63, 3.8) is 0 Å². The van der Waals surface area contributed by atoms with Crippen LogP contribution in [0.5, 0.6) is 0 Å². The summed E-state index contributed by atoms with van der Waals surface area (Å²) in [6.45, 7) is 4.61. The third-order valence-electron chi connectivity index (χ3n) is 4.17. The van der Waals surface area contributed by atoms with Crippen molar-refractivity contribution in [1.29, 1.82) is 0 Å². The van der Waals surface area contributed by atoms with Crippen molar-refractivity contribution >= 4 is 10.0 Å². The Balaban J connectivity index is 1.73. The zero-order valence-electron chi connectivity index (χ0n) is 11.9. The molecule has 0 aromatic heterocycles. The molecule has 0 saturated carbocycles. The molecule has 2 N–H and O–H groups in total. The van der Waals surface area contributed by atoms with E-state index in [0.29, 0.717) is 12.5 Å². The Hall–Kier alpha value is -0.170. The Morgan fingerprint density at radius 1 is 1.26 bits per heavy atom. The second-order valence-electron chi connectivity index (χ2n) is 6.11. The van der Waals surface area contributed by atoms with Crippen molar-refractivity contribution in [2.45, 2.75) is 25.7 Å². The van der Waals surface area contributed by atoms with Crippen LogP contribution in [0.4, 0.5) is 0 Å². The van der Waals surface area contributed by atoms with E-state index in [1.165, 1.54) is 6.42 Å². The molecule has 0 amide bonds. The number of nitrogens with zero attached hydrogens (tertiary/aromatic N) is 1. The van der Waals surface area contributed by atoms with Crippen LogP contribution in [0, 0.1) is 11.8 Å². The van der Waals surface area contributed by atoms with E-state index in [1.54, 1.807) is 0 Å². The summed E-state index contributed by atoms with van der Waals surface area (Å²) in [5.41, 5.74) is 0. The van der Waals surface area contributed by atoms with Gasteiger partial charge in [-0.15, -0.1) is 0 Å². The van der Waals surface area contributed by atoms with Crippen LogP contribution < -0.4 is 10.0 Å². The number of likely N-dealkylation sites (tertiary alicyclic amines) is 1. The predicted octanol–water partition coefficient (Wildman–Crippen LogP) is 0.247. The van der Waals surface area contributed by atoms with Gasteiger partial charge in [0.1, 0.15) is 0 Å². The quantitative estimate of drug-likeness (QED) is 0.761. The highest BCUT2D eigenvalue weighted by molar-refractivity contribution is 7.89. The largest absolute Gasteiger partial charge is 0.316 e. The van der Waals surface area contributed by atoms with Crippen LogP contribution in [-0.2, 0) is 10.0 Å². The summed E-state index contributed by atoms with van der Waals surface area (Å²) in [7, 11) is -1.00. The monoisotopic (exact) mass is 289 g/mol. The fourth-order valence-corrected chi connectivity index (χ4v) is 4.63. The standard InChI is InChI=1S/C13H27N3O2S/c1-16-7-3-5-12(10-16)9-15-19(17,18)11-13-4-2-6-14-8-13/h12-15H,2-11H2,1H3. The van der Waals surface area contributed by atoms with Gasteiger partial charge in [-0.2, -0.15) is 0 Å². The molecule has 2 aliphatic rings. The Morgan fingerprint density at radius 2 is 2.05 bits per heavy atom. The predicted molar refractivity (Wildman–Crippen MR) is 77.6 cm³/mol. The van der Waals surface area contributed by atoms with Crippen molar-refractivity contribution in [3.05, 3.63) is 0 Å². The van der Waals surface area contributed by atoms with Crippen molar-refractivity contribution in [3.8, 4) is 0 Å². The molecule has 2 fully saturated rings. The molecule has 0 radical (unpaired) electrons. The first-order valence-electron chi connectivity index (χ1n) is 7.42. The Labute approximate surface area is 117 Å². The molecule has 2 aliphatic heterocycles. The zero-order valence-corrected chi connectivity index (χ0v) is 12.7. The number of rotatable bonds is 5. The van der Waals surface area contributed by atoms with Gasteiger partial charge in [0.2, 0.25) is 10.0 Å². The summed E-state index contributed by atoms with van der Waals surface area (Å²) in [5, 5.41) is 3.27. The zero-order chi connectivity index (χ0) is 13.7. The molecule has 112 valence electrons. The lowest BCUT2D eigenvalue weighted by Gasteiger charge is -2.30. The Bertz CT molecular complexity index is 366. The third-order valence-corrected chi connectivity index (χ3v) is 5.68. The lowest BCUT2D eigenvalue weighted by atomic mass is 9.99. The minimum Gasteiger partial charge on any atom is -0.316 e. The molecule has 2 atom stereocenters. The second kappa shape index (κ2) is 7.02. The lowest BCUT2D eigenvalue weighted by Crippen LogP contribution is -2.42. The molecular weight excluding hydrogens is 262 g/mol. The molecule has 5 nitrogen and oxygen atoms in total. The highest BCUT2D eigenvalue weighted by atomic mass is 32.2. The van der Waals surface area contributed by atoms with Gasteiger partial charge in [0.05, 0.1) is 5.75 Å². The first kappa shape index (κ1) is 15.2. The average molecular weight is 289 g/mol. The minimum absolute atomic E-state index is 0.278. The van der Waals surface area contributed by atoms with Crippen LogP contribution in [0.25, 0.3) is 0 Å². The van der Waals surface area contributed by atoms with E-state index < -0.39 is 10.0 Å². The van der Waals surface area contributed by atoms with E-state index in [4.69, 9.17) is 0 Å². The molecule has 2 rings (SSSR count). The van der Waals surface area contributed by atoms with Crippen molar-refractivity contribution in [1.82, 2.24) is 14.9 Å². The van der Waals surface area contributed by atoms with Gasteiger partial charge in [0, 0.05) is 13.1 Å². The maximum atomic E-state index is 12.1. The molecule has 0 aromatic carbocycles. The van der Waals surface area contributed by atoms with E-state index in [1.807, 2.05) is 0 Å². The summed E-state index contributed by atoms with van der Waals surface area (Å²) < 4.78 is 27.0. The van der Waals surface area contributed by atoms with E-state index >= 15 is 0 Å². The summed E-state index contributed by atoms with van der Waals surface area (Å²) in [6, 6.07) is 0. The summed E-state index contributed by atoms with van der Waals surface area (Å²) in [5.74, 6) is 1.03. The van der Waals surface area contributed by atoms with E-state index in [0.717, 1.165) is 45.4 Å². The van der Waals surface area contributed by atoms with Gasteiger partial charge in [0.15, 0.2) is 0 Å². The van der Waals surface area contributed by atoms with Gasteiger partial charge in [-0.3, -0.25) is 0 Å². The maximum Gasteiger partial charge on any atom is 0.211 e. The third kappa shape index (κ3) is 5.38. The van der Waals surface area contributed by atoms with E-state index in [2.05, 4.69) is 22.0 Å². The summed E-state index contributed by atoms with van der Waals surface area (Å²) in [6.07, 6.45) is 4.43. The molecule has 0 aliphatic carbocycles. The van der Waals surface area contributed by atoms with Gasteiger partial charge < -0.3 is 10.2 Å². The van der Waals surface area contributed by atoms with Gasteiger partial charge in [-0.1, -0.05) is 0 Å². The number of hydrogen-bond acceptors (Lipinski definition) is 4. The second-order valence-corrected chi connectivity index (χ2v) is 7.96. The smallest absolute Gasteiger partial charge is 0.211 e. The van der Waals surface area contributed by atoms with Crippen molar-refractivity contribution in [2.75, 3.05) is 45.5 Å². The molecule has 6 heteroatoms. The Morgan fingerprint density at radius 3 is 2.74 bits per heavy atom. The first-order chi connectivity index (χ1) is 9.05. The molecule has 19 heavy (non-hydrogen) atoms. The van der Waals surface area contributed by atoms with E-state index in [9.17, 15) is 8.42 Å². The van der Waals surface area contributed by atoms with Crippen molar-refractivity contribution < 1.29 is 8.42 Å². The Kier molecular flexibility index (Phi) is 5.62. The van der Waals surface area contributed by atoms with Gasteiger partial charge >= 0.3 is 0 Å². The maximum absolute atomic E-state index is 12.1. The molecule has 0 spiro atoms.